The van der Waals surface area contributed by atoms with Crippen LogP contribution >= 0.6 is 11.3 Å². The Morgan fingerprint density at radius 2 is 1.85 bits per heavy atom. The molecule has 0 aliphatic carbocycles. The molecule has 1 aromatic heterocycles. The van der Waals surface area contributed by atoms with Crippen LogP contribution in [0.15, 0.2) is 23.3 Å². The molecule has 7 nitrogen and oxygen atoms in total. The van der Waals surface area contributed by atoms with Crippen molar-refractivity contribution in [1.29, 1.82) is 0 Å². The highest BCUT2D eigenvalue weighted by Gasteiger charge is 2.37. The molecule has 230 valence electrons. The topological polar surface area (TPSA) is 84.0 Å². The van der Waals surface area contributed by atoms with Gasteiger partial charge in [-0.1, -0.05) is 26.0 Å². The van der Waals surface area contributed by atoms with Crippen molar-refractivity contribution in [1.82, 2.24) is 4.31 Å². The maximum absolute atomic E-state index is 14.5. The van der Waals surface area contributed by atoms with Gasteiger partial charge in [-0.3, -0.25) is 9.59 Å². The number of Topliss-reactive ketones (excluding diaryl/α,β-unsaturated/α-hetero) is 2. The predicted octanol–water partition coefficient (Wildman–Crippen LogP) is 6.67. The minimum atomic E-state index is -3.31. The molecule has 0 saturated carbocycles. The quantitative estimate of drug-likeness (QED) is 0.134. The zero-order valence-electron chi connectivity index (χ0n) is 26.1. The molecule has 0 N–H and O–H groups in total. The molecule has 0 radical (unpaired) electrons. The largest absolute Gasteiger partial charge is 0.381 e. The number of ether oxygens (including phenoxy) is 1. The van der Waals surface area contributed by atoms with Gasteiger partial charge in [0, 0.05) is 67.6 Å². The molecular formula is C32H50N2O5S2. The Balaban J connectivity index is 2.09. The number of anilines is 1. The lowest BCUT2D eigenvalue weighted by Crippen LogP contribution is -2.39. The Bertz CT molecular complexity index is 1240. The van der Waals surface area contributed by atoms with Crippen LogP contribution in [0.1, 0.15) is 106 Å². The Morgan fingerprint density at radius 1 is 1.17 bits per heavy atom. The van der Waals surface area contributed by atoms with Crippen molar-refractivity contribution >= 4 is 37.9 Å². The number of hydrogen-bond donors (Lipinski definition) is 0. The zero-order valence-corrected chi connectivity index (χ0v) is 27.8. The maximum Gasteiger partial charge on any atom is 0.211 e. The Morgan fingerprint density at radius 3 is 2.39 bits per heavy atom. The first-order valence-electron chi connectivity index (χ1n) is 15.3. The number of nitrogens with zero attached hydrogens (tertiary/aromatic N) is 2. The molecule has 41 heavy (non-hydrogen) atoms. The summed E-state index contributed by atoms with van der Waals surface area (Å²) >= 11 is 1.68. The predicted molar refractivity (Wildman–Crippen MR) is 170 cm³/mol. The van der Waals surface area contributed by atoms with Crippen LogP contribution in [0.25, 0.3) is 0 Å². The summed E-state index contributed by atoms with van der Waals surface area (Å²) in [7, 11) is -3.31. The monoisotopic (exact) mass is 606 g/mol. The van der Waals surface area contributed by atoms with Crippen LogP contribution in [-0.2, 0) is 19.6 Å². The first-order chi connectivity index (χ1) is 19.5. The molecule has 1 aromatic rings. The molecule has 2 atom stereocenters. The number of ketones is 2. The van der Waals surface area contributed by atoms with Crippen molar-refractivity contribution in [3.05, 3.63) is 39.3 Å². The lowest BCUT2D eigenvalue weighted by Gasteiger charge is -2.35. The van der Waals surface area contributed by atoms with E-state index in [0.717, 1.165) is 71.2 Å². The zero-order chi connectivity index (χ0) is 30.3. The van der Waals surface area contributed by atoms with Gasteiger partial charge in [-0.25, -0.2) is 12.7 Å². The van der Waals surface area contributed by atoms with E-state index in [0.29, 0.717) is 44.8 Å². The molecule has 2 aliphatic heterocycles. The van der Waals surface area contributed by atoms with Crippen molar-refractivity contribution in [2.75, 3.05) is 44.0 Å². The molecule has 2 saturated heterocycles. The van der Waals surface area contributed by atoms with E-state index in [1.165, 1.54) is 6.26 Å². The van der Waals surface area contributed by atoms with Crippen LogP contribution in [0.2, 0.25) is 0 Å². The third-order valence-corrected chi connectivity index (χ3v) is 11.4. The molecular weight excluding hydrogens is 556 g/mol. The fourth-order valence-electron chi connectivity index (χ4n) is 6.30. The van der Waals surface area contributed by atoms with Gasteiger partial charge in [0.15, 0.2) is 11.6 Å². The van der Waals surface area contributed by atoms with E-state index in [2.05, 4.69) is 18.7 Å². The number of thiophene rings is 1. The van der Waals surface area contributed by atoms with Crippen LogP contribution in [0.3, 0.4) is 0 Å². The van der Waals surface area contributed by atoms with Crippen LogP contribution < -0.4 is 4.90 Å². The molecule has 0 aromatic carbocycles. The molecule has 2 fully saturated rings. The third kappa shape index (κ3) is 7.98. The van der Waals surface area contributed by atoms with Crippen LogP contribution in [0.4, 0.5) is 5.00 Å². The molecule has 9 heteroatoms. The van der Waals surface area contributed by atoms with Gasteiger partial charge in [0.1, 0.15) is 0 Å². The van der Waals surface area contributed by atoms with Gasteiger partial charge in [-0.15, -0.1) is 11.3 Å². The highest BCUT2D eigenvalue weighted by atomic mass is 32.2. The van der Waals surface area contributed by atoms with E-state index in [9.17, 15) is 18.0 Å². The van der Waals surface area contributed by atoms with Crippen molar-refractivity contribution < 1.29 is 22.7 Å². The van der Waals surface area contributed by atoms with Gasteiger partial charge in [0.25, 0.3) is 0 Å². The number of carbonyl (C=O) groups is 2. The summed E-state index contributed by atoms with van der Waals surface area (Å²) in [6.45, 7) is 15.3. The van der Waals surface area contributed by atoms with E-state index >= 15 is 0 Å². The fraction of sp³-hybridized carbons (Fsp3) is 0.688. The molecule has 3 rings (SSSR count). The molecule has 3 heterocycles. The Hall–Kier alpha value is -1.81. The van der Waals surface area contributed by atoms with E-state index < -0.39 is 10.0 Å². The second-order valence-electron chi connectivity index (χ2n) is 11.5. The van der Waals surface area contributed by atoms with Gasteiger partial charge in [-0.05, 0) is 82.9 Å². The van der Waals surface area contributed by atoms with Crippen molar-refractivity contribution in [3.8, 4) is 0 Å². The minimum Gasteiger partial charge on any atom is -0.381 e. The number of allylic oxidation sites excluding steroid dienone is 4. The first-order valence-corrected chi connectivity index (χ1v) is 18.0. The van der Waals surface area contributed by atoms with Crippen molar-refractivity contribution in [2.45, 2.75) is 98.4 Å². The molecule has 0 bridgehead atoms. The van der Waals surface area contributed by atoms with Crippen LogP contribution in [0.5, 0.6) is 0 Å². The van der Waals surface area contributed by atoms with Gasteiger partial charge in [0.05, 0.1) is 11.3 Å². The minimum absolute atomic E-state index is 0.0199. The summed E-state index contributed by atoms with van der Waals surface area (Å²) in [5, 5.41) is 1.12. The van der Waals surface area contributed by atoms with Gasteiger partial charge >= 0.3 is 0 Å². The SMILES string of the molecule is CC=CC(C)=C(CC(CC)C(=O)c1c(C2CCN(S(C)(=O)=O)C2)sc(N(CC)C2CCOCC2)c1C)C(=O)CCC. The smallest absolute Gasteiger partial charge is 0.211 e. The number of sulfonamides is 1. The van der Waals surface area contributed by atoms with E-state index in [4.69, 9.17) is 4.74 Å². The second kappa shape index (κ2) is 15.1. The van der Waals surface area contributed by atoms with E-state index in [1.807, 2.05) is 39.8 Å². The standard InChI is InChI=1S/C32H50N2O5S2/c1-8-12-22(5)27(28(35)13-9-2)20-24(10-3)30(36)29-23(6)32(34(11-4)26-15-18-39-19-16-26)40-31(29)25-14-17-33(21-25)41(7,37)38/h8,12,24-26H,9-11,13-21H2,1-7H3. The van der Waals surface area contributed by atoms with E-state index in [1.54, 1.807) is 15.6 Å². The summed E-state index contributed by atoms with van der Waals surface area (Å²) in [6.07, 6.45) is 10.1. The average Bonchev–Trinajstić information content (AvgIpc) is 3.56. The number of rotatable bonds is 14. The summed E-state index contributed by atoms with van der Waals surface area (Å²) < 4.78 is 31.9. The Labute approximate surface area is 252 Å². The highest BCUT2D eigenvalue weighted by Crippen LogP contribution is 2.45. The summed E-state index contributed by atoms with van der Waals surface area (Å²) in [6, 6.07) is 0.352. The first kappa shape index (κ1) is 33.7. The van der Waals surface area contributed by atoms with Gasteiger partial charge in [0.2, 0.25) is 10.0 Å². The van der Waals surface area contributed by atoms with Gasteiger partial charge in [-0.2, -0.15) is 0 Å². The van der Waals surface area contributed by atoms with E-state index in [-0.39, 0.29) is 23.4 Å². The number of carbonyl (C=O) groups excluding carboxylic acids is 2. The summed E-state index contributed by atoms with van der Waals surface area (Å²) in [5.74, 6) is -0.142. The molecule has 0 spiro atoms. The van der Waals surface area contributed by atoms with Gasteiger partial charge < -0.3 is 9.64 Å². The van der Waals surface area contributed by atoms with Crippen LogP contribution in [-0.4, -0.2) is 69.4 Å². The summed E-state index contributed by atoms with van der Waals surface area (Å²) in [5.41, 5.74) is 3.43. The third-order valence-electron chi connectivity index (χ3n) is 8.64. The molecule has 2 unspecified atom stereocenters. The second-order valence-corrected chi connectivity index (χ2v) is 14.5. The fourth-order valence-corrected chi connectivity index (χ4v) is 8.76. The maximum atomic E-state index is 14.5. The van der Waals surface area contributed by atoms with Crippen molar-refractivity contribution in [2.24, 2.45) is 5.92 Å². The van der Waals surface area contributed by atoms with Crippen molar-refractivity contribution in [3.63, 3.8) is 0 Å². The highest BCUT2D eigenvalue weighted by molar-refractivity contribution is 7.88. The molecule has 2 aliphatic rings. The van der Waals surface area contributed by atoms with Crippen LogP contribution in [0, 0.1) is 12.8 Å². The number of hydrogen-bond acceptors (Lipinski definition) is 7. The average molecular weight is 607 g/mol. The normalized spacial score (nSPS) is 20.4. The Kier molecular flexibility index (Phi) is 12.4. The lowest BCUT2D eigenvalue weighted by molar-refractivity contribution is -0.115. The lowest BCUT2D eigenvalue weighted by atomic mass is 9.83. The molecule has 0 amide bonds. The summed E-state index contributed by atoms with van der Waals surface area (Å²) in [4.78, 5) is 31.1.